The molecule has 3 heteroatoms. The summed E-state index contributed by atoms with van der Waals surface area (Å²) in [5.74, 6) is -0.106. The summed E-state index contributed by atoms with van der Waals surface area (Å²) >= 11 is 0. The monoisotopic (exact) mass is 271 g/mol. The number of rotatable bonds is 2. The van der Waals surface area contributed by atoms with Crippen LogP contribution in [0.2, 0.25) is 0 Å². The van der Waals surface area contributed by atoms with Crippen LogP contribution in [0.25, 0.3) is 0 Å². The molecule has 2 aliphatic rings. The molecule has 0 N–H and O–H groups in total. The van der Waals surface area contributed by atoms with Gasteiger partial charge in [-0.2, -0.15) is 0 Å². The van der Waals surface area contributed by atoms with Crippen molar-refractivity contribution in [3.8, 4) is 0 Å². The number of esters is 1. The molecule has 0 amide bonds. The number of ether oxygens (including phenoxy) is 1. The molecule has 1 aliphatic carbocycles. The number of aliphatic imine (C=N–C) groups is 1. The van der Waals surface area contributed by atoms with Crippen molar-refractivity contribution in [2.75, 3.05) is 0 Å². The number of hydrogen-bond acceptors (Lipinski definition) is 3. The third-order valence-corrected chi connectivity index (χ3v) is 4.44. The Labute approximate surface area is 120 Å². The minimum Gasteiger partial charge on any atom is -0.453 e. The highest BCUT2D eigenvalue weighted by atomic mass is 16.6. The Hall–Kier alpha value is -1.64. The SMILES string of the molecule is C[C@@H](N=C1CC(=O)OC12CCCCC2)c1ccccc1. The molecule has 0 bridgehead atoms. The Balaban J connectivity index is 1.87. The average molecular weight is 271 g/mol. The van der Waals surface area contributed by atoms with E-state index in [1.807, 2.05) is 18.2 Å². The Morgan fingerprint density at radius 1 is 1.15 bits per heavy atom. The van der Waals surface area contributed by atoms with Gasteiger partial charge in [0.1, 0.15) is 0 Å². The molecule has 1 aliphatic heterocycles. The lowest BCUT2D eigenvalue weighted by atomic mass is 9.81. The molecule has 0 unspecified atom stereocenters. The standard InChI is InChI=1S/C17H21NO2/c1-13(14-8-4-2-5-9-14)18-15-12-16(19)20-17(15)10-6-3-7-11-17/h2,4-5,8-9,13H,3,6-7,10-12H2,1H3/t13-/m1/s1. The van der Waals surface area contributed by atoms with Crippen molar-refractivity contribution >= 4 is 11.7 Å². The van der Waals surface area contributed by atoms with Crippen molar-refractivity contribution in [3.63, 3.8) is 0 Å². The minimum absolute atomic E-state index is 0.0829. The summed E-state index contributed by atoms with van der Waals surface area (Å²) in [5.41, 5.74) is 1.78. The zero-order valence-corrected chi connectivity index (χ0v) is 12.0. The molecule has 0 radical (unpaired) electrons. The van der Waals surface area contributed by atoms with Crippen molar-refractivity contribution in [3.05, 3.63) is 35.9 Å². The molecule has 106 valence electrons. The predicted molar refractivity (Wildman–Crippen MR) is 78.8 cm³/mol. The third-order valence-electron chi connectivity index (χ3n) is 4.44. The maximum Gasteiger partial charge on any atom is 0.312 e. The van der Waals surface area contributed by atoms with E-state index in [1.54, 1.807) is 0 Å². The van der Waals surface area contributed by atoms with Crippen molar-refractivity contribution < 1.29 is 9.53 Å². The van der Waals surface area contributed by atoms with Gasteiger partial charge in [0, 0.05) is 0 Å². The zero-order chi connectivity index (χ0) is 14.0. The highest BCUT2D eigenvalue weighted by Gasteiger charge is 2.46. The maximum atomic E-state index is 11.7. The lowest BCUT2D eigenvalue weighted by molar-refractivity contribution is -0.148. The van der Waals surface area contributed by atoms with E-state index in [4.69, 9.17) is 9.73 Å². The zero-order valence-electron chi connectivity index (χ0n) is 12.0. The first-order chi connectivity index (χ1) is 9.70. The largest absolute Gasteiger partial charge is 0.453 e. The highest BCUT2D eigenvalue weighted by Crippen LogP contribution is 2.39. The molecule has 1 spiro atoms. The highest BCUT2D eigenvalue weighted by molar-refractivity contribution is 6.09. The van der Waals surface area contributed by atoms with E-state index in [9.17, 15) is 4.79 Å². The Morgan fingerprint density at radius 2 is 1.85 bits per heavy atom. The molecular weight excluding hydrogens is 250 g/mol. The number of nitrogens with zero attached hydrogens (tertiary/aromatic N) is 1. The van der Waals surface area contributed by atoms with E-state index in [0.717, 1.165) is 31.4 Å². The molecule has 1 saturated carbocycles. The van der Waals surface area contributed by atoms with E-state index in [2.05, 4.69) is 19.1 Å². The summed E-state index contributed by atoms with van der Waals surface area (Å²) in [6.07, 6.45) is 5.76. The second-order valence-electron chi connectivity index (χ2n) is 5.87. The first kappa shape index (κ1) is 13.3. The van der Waals surface area contributed by atoms with Gasteiger partial charge in [0.2, 0.25) is 0 Å². The van der Waals surface area contributed by atoms with Crippen LogP contribution in [0.5, 0.6) is 0 Å². The lowest BCUT2D eigenvalue weighted by Gasteiger charge is -2.32. The summed E-state index contributed by atoms with van der Waals surface area (Å²) in [6, 6.07) is 10.3. The van der Waals surface area contributed by atoms with Crippen LogP contribution < -0.4 is 0 Å². The van der Waals surface area contributed by atoms with E-state index in [0.29, 0.717) is 6.42 Å². The van der Waals surface area contributed by atoms with E-state index in [1.165, 1.54) is 12.0 Å². The molecule has 1 heterocycles. The molecule has 1 aromatic carbocycles. The van der Waals surface area contributed by atoms with Crippen molar-refractivity contribution in [2.45, 2.75) is 57.1 Å². The van der Waals surface area contributed by atoms with Crippen LogP contribution in [0, 0.1) is 0 Å². The normalized spacial score (nSPS) is 24.9. The van der Waals surface area contributed by atoms with Crippen LogP contribution in [0.15, 0.2) is 35.3 Å². The fourth-order valence-electron chi connectivity index (χ4n) is 3.33. The molecule has 1 atom stereocenters. The number of hydrogen-bond donors (Lipinski definition) is 0. The van der Waals surface area contributed by atoms with Crippen molar-refractivity contribution in [1.82, 2.24) is 0 Å². The number of carbonyl (C=O) groups is 1. The van der Waals surface area contributed by atoms with Gasteiger partial charge in [-0.15, -0.1) is 0 Å². The molecule has 1 saturated heterocycles. The van der Waals surface area contributed by atoms with Crippen LogP contribution in [-0.4, -0.2) is 17.3 Å². The first-order valence-electron chi connectivity index (χ1n) is 7.54. The van der Waals surface area contributed by atoms with Gasteiger partial charge in [-0.3, -0.25) is 9.79 Å². The van der Waals surface area contributed by atoms with E-state index in [-0.39, 0.29) is 17.6 Å². The second-order valence-corrected chi connectivity index (χ2v) is 5.87. The average Bonchev–Trinajstić information content (AvgIpc) is 2.76. The van der Waals surface area contributed by atoms with Gasteiger partial charge in [0.15, 0.2) is 5.60 Å². The fraction of sp³-hybridized carbons (Fsp3) is 0.529. The van der Waals surface area contributed by atoms with Crippen molar-refractivity contribution in [1.29, 1.82) is 0 Å². The van der Waals surface area contributed by atoms with Gasteiger partial charge >= 0.3 is 5.97 Å². The van der Waals surface area contributed by atoms with Gasteiger partial charge in [-0.1, -0.05) is 36.8 Å². The number of carbonyl (C=O) groups excluding carboxylic acids is 1. The molecule has 3 nitrogen and oxygen atoms in total. The Kier molecular flexibility index (Phi) is 3.60. The third kappa shape index (κ3) is 2.49. The Morgan fingerprint density at radius 3 is 2.55 bits per heavy atom. The van der Waals surface area contributed by atoms with Gasteiger partial charge in [0.05, 0.1) is 18.2 Å². The molecule has 0 aromatic heterocycles. The fourth-order valence-corrected chi connectivity index (χ4v) is 3.33. The molecular formula is C17H21NO2. The van der Waals surface area contributed by atoms with E-state index < -0.39 is 0 Å². The van der Waals surface area contributed by atoms with Gasteiger partial charge in [-0.25, -0.2) is 0 Å². The van der Waals surface area contributed by atoms with Gasteiger partial charge in [-0.05, 0) is 38.2 Å². The Bertz CT molecular complexity index is 515. The van der Waals surface area contributed by atoms with Crippen LogP contribution >= 0.6 is 0 Å². The summed E-state index contributed by atoms with van der Waals surface area (Å²) < 4.78 is 5.67. The summed E-state index contributed by atoms with van der Waals surface area (Å²) in [5, 5.41) is 0. The summed E-state index contributed by atoms with van der Waals surface area (Å²) in [7, 11) is 0. The maximum absolute atomic E-state index is 11.7. The number of benzene rings is 1. The molecule has 20 heavy (non-hydrogen) atoms. The minimum atomic E-state index is -0.377. The first-order valence-corrected chi connectivity index (χ1v) is 7.54. The van der Waals surface area contributed by atoms with Crippen molar-refractivity contribution in [2.24, 2.45) is 4.99 Å². The van der Waals surface area contributed by atoms with Crippen LogP contribution in [-0.2, 0) is 9.53 Å². The van der Waals surface area contributed by atoms with Crippen LogP contribution in [0.4, 0.5) is 0 Å². The summed E-state index contributed by atoms with van der Waals surface area (Å²) in [4.78, 5) is 16.6. The quantitative estimate of drug-likeness (QED) is 0.767. The molecule has 1 aromatic rings. The van der Waals surface area contributed by atoms with Crippen LogP contribution in [0.3, 0.4) is 0 Å². The lowest BCUT2D eigenvalue weighted by Crippen LogP contribution is -2.38. The second kappa shape index (κ2) is 5.39. The van der Waals surface area contributed by atoms with E-state index >= 15 is 0 Å². The van der Waals surface area contributed by atoms with Gasteiger partial charge in [0.25, 0.3) is 0 Å². The predicted octanol–water partition coefficient (Wildman–Crippen LogP) is 3.84. The molecule has 2 fully saturated rings. The van der Waals surface area contributed by atoms with Crippen LogP contribution in [0.1, 0.15) is 57.1 Å². The van der Waals surface area contributed by atoms with Gasteiger partial charge < -0.3 is 4.74 Å². The summed E-state index contributed by atoms with van der Waals surface area (Å²) in [6.45, 7) is 2.08. The smallest absolute Gasteiger partial charge is 0.312 e. The molecule has 3 rings (SSSR count). The topological polar surface area (TPSA) is 38.7 Å².